The molecule has 174 valence electrons. The summed E-state index contributed by atoms with van der Waals surface area (Å²) in [5, 5.41) is 11.5. The van der Waals surface area contributed by atoms with Crippen LogP contribution in [0.25, 0.3) is 5.76 Å². The summed E-state index contributed by atoms with van der Waals surface area (Å²) in [7, 11) is 2.95. The van der Waals surface area contributed by atoms with Crippen LogP contribution in [-0.4, -0.2) is 55.2 Å². The van der Waals surface area contributed by atoms with Crippen LogP contribution in [0.2, 0.25) is 10.0 Å². The second kappa shape index (κ2) is 9.63. The molecule has 0 bridgehead atoms. The Kier molecular flexibility index (Phi) is 6.83. The van der Waals surface area contributed by atoms with E-state index in [1.54, 1.807) is 24.3 Å². The molecule has 2 aromatic rings. The van der Waals surface area contributed by atoms with E-state index in [4.69, 9.17) is 37.4 Å². The SMILES string of the molecule is COc1cccc(C2/C(=C(\O)c3cc(Cl)c(OC)c(Cl)c3)C(=O)C(=O)N2CC2CCCO2)c1. The van der Waals surface area contributed by atoms with Crippen molar-refractivity contribution in [3.05, 3.63) is 63.1 Å². The molecule has 1 amide bonds. The van der Waals surface area contributed by atoms with Crippen LogP contribution in [0, 0.1) is 0 Å². The number of halogens is 2. The van der Waals surface area contributed by atoms with Crippen molar-refractivity contribution in [2.24, 2.45) is 0 Å². The van der Waals surface area contributed by atoms with Gasteiger partial charge in [0.1, 0.15) is 11.5 Å². The van der Waals surface area contributed by atoms with Crippen LogP contribution in [0.4, 0.5) is 0 Å². The lowest BCUT2D eigenvalue weighted by Gasteiger charge is -2.27. The third kappa shape index (κ3) is 4.40. The highest BCUT2D eigenvalue weighted by molar-refractivity contribution is 6.46. The number of likely N-dealkylation sites (tertiary alicyclic amines) is 1. The van der Waals surface area contributed by atoms with Crippen LogP contribution in [0.15, 0.2) is 42.0 Å². The largest absolute Gasteiger partial charge is 0.507 e. The molecule has 0 aromatic heterocycles. The molecular formula is C24H23Cl2NO6. The maximum absolute atomic E-state index is 13.2. The summed E-state index contributed by atoms with van der Waals surface area (Å²) in [6, 6.07) is 9.10. The van der Waals surface area contributed by atoms with Crippen LogP contribution in [-0.2, 0) is 14.3 Å². The third-order valence-electron chi connectivity index (χ3n) is 5.85. The summed E-state index contributed by atoms with van der Waals surface area (Å²) in [5.74, 6) is -1.06. The van der Waals surface area contributed by atoms with Crippen LogP contribution < -0.4 is 9.47 Å². The number of aliphatic hydroxyl groups is 1. The third-order valence-corrected chi connectivity index (χ3v) is 6.41. The lowest BCUT2D eigenvalue weighted by atomic mass is 9.95. The Bertz CT molecular complexity index is 1100. The molecule has 2 heterocycles. The van der Waals surface area contributed by atoms with Gasteiger partial charge >= 0.3 is 0 Å². The van der Waals surface area contributed by atoms with Gasteiger partial charge in [0, 0.05) is 18.7 Å². The number of Topliss-reactive ketones (excluding diaryl/α,β-unsaturated/α-hetero) is 1. The number of amides is 1. The Labute approximate surface area is 201 Å². The zero-order valence-corrected chi connectivity index (χ0v) is 19.7. The maximum Gasteiger partial charge on any atom is 0.295 e. The molecule has 2 atom stereocenters. The fourth-order valence-electron chi connectivity index (χ4n) is 4.28. The van der Waals surface area contributed by atoms with Crippen LogP contribution in [0.1, 0.15) is 30.0 Å². The number of carbonyl (C=O) groups excluding carboxylic acids is 2. The van der Waals surface area contributed by atoms with E-state index in [2.05, 4.69) is 0 Å². The summed E-state index contributed by atoms with van der Waals surface area (Å²) in [6.45, 7) is 0.842. The number of hydrogen-bond donors (Lipinski definition) is 1. The number of nitrogens with zero attached hydrogens (tertiary/aromatic N) is 1. The lowest BCUT2D eigenvalue weighted by Crippen LogP contribution is -2.36. The topological polar surface area (TPSA) is 85.3 Å². The summed E-state index contributed by atoms with van der Waals surface area (Å²) in [4.78, 5) is 27.7. The molecule has 2 aliphatic rings. The molecule has 7 nitrogen and oxygen atoms in total. The lowest BCUT2D eigenvalue weighted by molar-refractivity contribution is -0.140. The summed E-state index contributed by atoms with van der Waals surface area (Å²) >= 11 is 12.5. The van der Waals surface area contributed by atoms with Crippen LogP contribution in [0.5, 0.6) is 11.5 Å². The van der Waals surface area contributed by atoms with Crippen molar-refractivity contribution in [1.29, 1.82) is 0 Å². The Morgan fingerprint density at radius 3 is 2.48 bits per heavy atom. The first-order valence-electron chi connectivity index (χ1n) is 10.4. The van der Waals surface area contributed by atoms with Gasteiger partial charge in [-0.15, -0.1) is 0 Å². The van der Waals surface area contributed by atoms with Gasteiger partial charge in [-0.3, -0.25) is 9.59 Å². The minimum Gasteiger partial charge on any atom is -0.507 e. The molecule has 0 aliphatic carbocycles. The standard InChI is InChI=1S/C24H23Cl2NO6/c1-31-15-6-3-5-13(9-15)20-19(21(28)14-10-17(25)23(32-2)18(26)11-14)22(29)24(30)27(20)12-16-7-4-8-33-16/h3,5-6,9-11,16,20,28H,4,7-8,12H2,1-2H3/b21-19+. The minimum absolute atomic E-state index is 0.0523. The number of aliphatic hydroxyl groups excluding tert-OH is 1. The monoisotopic (exact) mass is 491 g/mol. The first-order valence-corrected chi connectivity index (χ1v) is 11.2. The maximum atomic E-state index is 13.2. The predicted octanol–water partition coefficient (Wildman–Crippen LogP) is 4.61. The zero-order chi connectivity index (χ0) is 23.7. The molecule has 33 heavy (non-hydrogen) atoms. The van der Waals surface area contributed by atoms with Crippen molar-refractivity contribution < 1.29 is 28.9 Å². The molecule has 4 rings (SSSR count). The van der Waals surface area contributed by atoms with Crippen molar-refractivity contribution in [2.75, 3.05) is 27.4 Å². The van der Waals surface area contributed by atoms with Crippen molar-refractivity contribution in [1.82, 2.24) is 4.90 Å². The normalized spacial score (nSPS) is 22.1. The van der Waals surface area contributed by atoms with E-state index in [-0.39, 0.29) is 45.3 Å². The molecule has 2 aromatic carbocycles. The number of rotatable bonds is 6. The average Bonchev–Trinajstić information content (AvgIpc) is 3.41. The number of carbonyl (C=O) groups is 2. The second-order valence-electron chi connectivity index (χ2n) is 7.84. The summed E-state index contributed by atoms with van der Waals surface area (Å²) in [6.07, 6.45) is 1.50. The van der Waals surface area contributed by atoms with Crippen molar-refractivity contribution >= 4 is 40.7 Å². The molecule has 9 heteroatoms. The van der Waals surface area contributed by atoms with Crippen LogP contribution in [0.3, 0.4) is 0 Å². The van der Waals surface area contributed by atoms with Crippen molar-refractivity contribution in [3.8, 4) is 11.5 Å². The zero-order valence-electron chi connectivity index (χ0n) is 18.1. The first-order chi connectivity index (χ1) is 15.8. The smallest absolute Gasteiger partial charge is 0.295 e. The molecule has 2 fully saturated rings. The molecule has 2 aliphatic heterocycles. The van der Waals surface area contributed by atoms with Crippen molar-refractivity contribution in [2.45, 2.75) is 25.0 Å². The molecular weight excluding hydrogens is 469 g/mol. The van der Waals surface area contributed by atoms with Gasteiger partial charge in [0.25, 0.3) is 11.7 Å². The number of hydrogen-bond acceptors (Lipinski definition) is 6. The van der Waals surface area contributed by atoms with Gasteiger partial charge in [-0.05, 0) is 42.7 Å². The summed E-state index contributed by atoms with van der Waals surface area (Å²) in [5.41, 5.74) is 0.774. The fraction of sp³-hybridized carbons (Fsp3) is 0.333. The van der Waals surface area contributed by atoms with E-state index in [1.807, 2.05) is 0 Å². The molecule has 2 saturated heterocycles. The number of methoxy groups -OCH3 is 2. The van der Waals surface area contributed by atoms with E-state index < -0.39 is 17.7 Å². The Morgan fingerprint density at radius 2 is 1.88 bits per heavy atom. The van der Waals surface area contributed by atoms with Gasteiger partial charge < -0.3 is 24.2 Å². The van der Waals surface area contributed by atoms with Crippen LogP contribution >= 0.6 is 23.2 Å². The van der Waals surface area contributed by atoms with Gasteiger partial charge in [0.05, 0.1) is 42.0 Å². The van der Waals surface area contributed by atoms with Crippen molar-refractivity contribution in [3.63, 3.8) is 0 Å². The number of ketones is 1. The second-order valence-corrected chi connectivity index (χ2v) is 8.65. The summed E-state index contributed by atoms with van der Waals surface area (Å²) < 4.78 is 16.2. The van der Waals surface area contributed by atoms with Gasteiger partial charge in [-0.25, -0.2) is 0 Å². The Balaban J connectivity index is 1.86. The van der Waals surface area contributed by atoms with E-state index >= 15 is 0 Å². The van der Waals surface area contributed by atoms with E-state index in [9.17, 15) is 14.7 Å². The molecule has 0 radical (unpaired) electrons. The predicted molar refractivity (Wildman–Crippen MR) is 124 cm³/mol. The molecule has 0 saturated carbocycles. The van der Waals surface area contributed by atoms with Gasteiger partial charge in [-0.1, -0.05) is 35.3 Å². The highest BCUT2D eigenvalue weighted by atomic mass is 35.5. The molecule has 0 spiro atoms. The first kappa shape index (κ1) is 23.4. The number of ether oxygens (including phenoxy) is 3. The highest BCUT2D eigenvalue weighted by Gasteiger charge is 2.47. The average molecular weight is 492 g/mol. The molecule has 1 N–H and O–H groups in total. The van der Waals surface area contributed by atoms with Gasteiger partial charge in [-0.2, -0.15) is 0 Å². The Hall–Kier alpha value is -2.74. The minimum atomic E-state index is -0.830. The quantitative estimate of drug-likeness (QED) is 0.360. The highest BCUT2D eigenvalue weighted by Crippen LogP contribution is 2.42. The number of benzene rings is 2. The fourth-order valence-corrected chi connectivity index (χ4v) is 4.92. The molecule has 2 unspecified atom stereocenters. The van der Waals surface area contributed by atoms with E-state index in [0.29, 0.717) is 17.9 Å². The van der Waals surface area contributed by atoms with E-state index in [0.717, 1.165) is 12.8 Å². The van der Waals surface area contributed by atoms with Gasteiger partial charge in [0.15, 0.2) is 5.75 Å². The van der Waals surface area contributed by atoms with Gasteiger partial charge in [0.2, 0.25) is 0 Å². The van der Waals surface area contributed by atoms with E-state index in [1.165, 1.54) is 31.3 Å². The Morgan fingerprint density at radius 1 is 1.15 bits per heavy atom.